The lowest BCUT2D eigenvalue weighted by molar-refractivity contribution is 0.208. The SMILES string of the molecule is CN(C)CCCOc1ccc(CN2CCCC(Nc3nc4c(c(N5CCCCCC5)n3)CCCC4)C2)cc1. The van der Waals surface area contributed by atoms with Gasteiger partial charge >= 0.3 is 0 Å². The van der Waals surface area contributed by atoms with E-state index >= 15 is 0 Å². The van der Waals surface area contributed by atoms with Gasteiger partial charge in [-0.05, 0) is 96.1 Å². The molecule has 2 saturated heterocycles. The first kappa shape index (κ1) is 27.2. The van der Waals surface area contributed by atoms with E-state index in [4.69, 9.17) is 14.7 Å². The minimum atomic E-state index is 0.390. The van der Waals surface area contributed by atoms with Crippen molar-refractivity contribution in [2.75, 3.05) is 63.6 Å². The fourth-order valence-corrected chi connectivity index (χ4v) is 6.20. The molecular formula is C31H48N6O. The highest BCUT2D eigenvalue weighted by Crippen LogP contribution is 2.31. The Balaban J connectivity index is 1.18. The molecule has 0 saturated carbocycles. The number of nitrogens with zero attached hydrogens (tertiary/aromatic N) is 5. The highest BCUT2D eigenvalue weighted by atomic mass is 16.5. The third-order valence-corrected chi connectivity index (χ3v) is 8.25. The molecule has 0 spiro atoms. The normalized spacial score (nSPS) is 20.7. The second kappa shape index (κ2) is 13.6. The first-order valence-electron chi connectivity index (χ1n) is 15.1. The number of aryl methyl sites for hydroxylation is 1. The number of nitrogens with one attached hydrogen (secondary N) is 1. The molecule has 38 heavy (non-hydrogen) atoms. The van der Waals surface area contributed by atoms with E-state index in [0.717, 1.165) is 76.8 Å². The summed E-state index contributed by atoms with van der Waals surface area (Å²) in [4.78, 5) is 17.6. The summed E-state index contributed by atoms with van der Waals surface area (Å²) < 4.78 is 5.92. The molecule has 0 bridgehead atoms. The molecule has 2 aromatic rings. The molecule has 208 valence electrons. The van der Waals surface area contributed by atoms with Crippen LogP contribution in [-0.4, -0.2) is 79.2 Å². The standard InChI is InChI=1S/C31H48N6O/c1-35(2)18-10-22-38-27-16-14-25(15-17-27)23-36-19-9-11-26(24-36)32-31-33-29-13-6-5-12-28(29)30(34-31)37-20-7-3-4-8-21-37/h14-17,26H,3-13,18-24H2,1-2H3,(H,32,33,34). The molecule has 1 unspecified atom stereocenters. The number of aromatic nitrogens is 2. The van der Waals surface area contributed by atoms with Gasteiger partial charge in [0, 0.05) is 44.3 Å². The van der Waals surface area contributed by atoms with E-state index in [1.807, 2.05) is 0 Å². The molecule has 1 N–H and O–H groups in total. The summed E-state index contributed by atoms with van der Waals surface area (Å²) in [6, 6.07) is 9.07. The van der Waals surface area contributed by atoms with Crippen molar-refractivity contribution in [3.05, 3.63) is 41.1 Å². The molecule has 5 rings (SSSR count). The summed E-state index contributed by atoms with van der Waals surface area (Å²) in [6.45, 7) is 7.25. The van der Waals surface area contributed by atoms with Crippen LogP contribution in [0.4, 0.5) is 11.8 Å². The quantitative estimate of drug-likeness (QED) is 0.435. The van der Waals surface area contributed by atoms with Crippen molar-refractivity contribution < 1.29 is 4.74 Å². The lowest BCUT2D eigenvalue weighted by Crippen LogP contribution is -2.42. The maximum Gasteiger partial charge on any atom is 0.225 e. The molecule has 7 heteroatoms. The number of benzene rings is 1. The maximum atomic E-state index is 5.92. The zero-order chi connectivity index (χ0) is 26.2. The van der Waals surface area contributed by atoms with Crippen LogP contribution in [0, 0.1) is 0 Å². The summed E-state index contributed by atoms with van der Waals surface area (Å²) in [5.74, 6) is 3.05. The van der Waals surface area contributed by atoms with Crippen molar-refractivity contribution in [1.29, 1.82) is 0 Å². The molecule has 0 radical (unpaired) electrons. The number of anilines is 2. The van der Waals surface area contributed by atoms with Crippen LogP contribution in [-0.2, 0) is 19.4 Å². The van der Waals surface area contributed by atoms with Crippen molar-refractivity contribution in [1.82, 2.24) is 19.8 Å². The van der Waals surface area contributed by atoms with E-state index in [-0.39, 0.29) is 0 Å². The molecule has 7 nitrogen and oxygen atoms in total. The molecule has 3 aliphatic rings. The van der Waals surface area contributed by atoms with E-state index in [9.17, 15) is 0 Å². The van der Waals surface area contributed by atoms with Gasteiger partial charge in [0.2, 0.25) is 5.95 Å². The molecule has 0 amide bonds. The molecule has 1 aliphatic carbocycles. The highest BCUT2D eigenvalue weighted by Gasteiger charge is 2.25. The number of likely N-dealkylation sites (tertiary alicyclic amines) is 1. The van der Waals surface area contributed by atoms with Crippen LogP contribution in [0.2, 0.25) is 0 Å². The summed E-state index contributed by atoms with van der Waals surface area (Å²) in [6.07, 6.45) is 13.4. The van der Waals surface area contributed by atoms with Crippen molar-refractivity contribution in [3.63, 3.8) is 0 Å². The van der Waals surface area contributed by atoms with Gasteiger partial charge in [-0.3, -0.25) is 4.90 Å². The molecule has 1 aromatic carbocycles. The van der Waals surface area contributed by atoms with Crippen LogP contribution >= 0.6 is 0 Å². The predicted molar refractivity (Wildman–Crippen MR) is 156 cm³/mol. The third kappa shape index (κ3) is 7.60. The Morgan fingerprint density at radius 2 is 1.71 bits per heavy atom. The smallest absolute Gasteiger partial charge is 0.225 e. The first-order chi connectivity index (χ1) is 18.6. The largest absolute Gasteiger partial charge is 0.494 e. The second-order valence-electron chi connectivity index (χ2n) is 11.8. The van der Waals surface area contributed by atoms with Gasteiger partial charge in [-0.15, -0.1) is 0 Å². The summed E-state index contributed by atoms with van der Waals surface area (Å²) in [7, 11) is 4.20. The Morgan fingerprint density at radius 1 is 0.921 bits per heavy atom. The number of ether oxygens (including phenoxy) is 1. The number of fused-ring (bicyclic) bond motifs is 1. The van der Waals surface area contributed by atoms with Gasteiger partial charge in [0.15, 0.2) is 0 Å². The maximum absolute atomic E-state index is 5.92. The van der Waals surface area contributed by atoms with Crippen LogP contribution < -0.4 is 15.0 Å². The molecule has 2 fully saturated rings. The van der Waals surface area contributed by atoms with Crippen LogP contribution in [0.25, 0.3) is 0 Å². The Kier molecular flexibility index (Phi) is 9.74. The number of rotatable bonds is 10. The van der Waals surface area contributed by atoms with Crippen LogP contribution in [0.1, 0.15) is 74.6 Å². The fraction of sp³-hybridized carbons (Fsp3) is 0.677. The predicted octanol–water partition coefficient (Wildman–Crippen LogP) is 5.14. The molecule has 1 aromatic heterocycles. The van der Waals surface area contributed by atoms with E-state index < -0.39 is 0 Å². The summed E-state index contributed by atoms with van der Waals surface area (Å²) >= 11 is 0. The molecule has 3 heterocycles. The topological polar surface area (TPSA) is 56.8 Å². The summed E-state index contributed by atoms with van der Waals surface area (Å²) in [5, 5.41) is 3.77. The van der Waals surface area contributed by atoms with Gasteiger partial charge in [-0.1, -0.05) is 25.0 Å². The average Bonchev–Trinajstić information content (AvgIpc) is 3.21. The minimum absolute atomic E-state index is 0.390. The van der Waals surface area contributed by atoms with Crippen LogP contribution in [0.3, 0.4) is 0 Å². The number of hydrogen-bond donors (Lipinski definition) is 1. The van der Waals surface area contributed by atoms with Gasteiger partial charge in [0.25, 0.3) is 0 Å². The minimum Gasteiger partial charge on any atom is -0.494 e. The number of piperidine rings is 1. The van der Waals surface area contributed by atoms with Gasteiger partial charge in [0.05, 0.1) is 12.3 Å². The van der Waals surface area contributed by atoms with E-state index in [1.165, 1.54) is 74.0 Å². The van der Waals surface area contributed by atoms with Crippen molar-refractivity contribution in [3.8, 4) is 5.75 Å². The summed E-state index contributed by atoms with van der Waals surface area (Å²) in [5.41, 5.74) is 4.07. The highest BCUT2D eigenvalue weighted by molar-refractivity contribution is 5.54. The Labute approximate surface area is 230 Å². The monoisotopic (exact) mass is 520 g/mol. The Hall–Kier alpha value is -2.38. The van der Waals surface area contributed by atoms with Crippen LogP contribution in [0.5, 0.6) is 5.75 Å². The first-order valence-corrected chi connectivity index (χ1v) is 15.1. The average molecular weight is 521 g/mol. The second-order valence-corrected chi connectivity index (χ2v) is 11.8. The van der Waals surface area contributed by atoms with Crippen molar-refractivity contribution in [2.24, 2.45) is 0 Å². The van der Waals surface area contributed by atoms with E-state index in [0.29, 0.717) is 6.04 Å². The zero-order valence-electron chi connectivity index (χ0n) is 23.8. The van der Waals surface area contributed by atoms with Gasteiger partial charge in [-0.25, -0.2) is 4.98 Å². The van der Waals surface area contributed by atoms with Gasteiger partial charge in [0.1, 0.15) is 11.6 Å². The molecular weight excluding hydrogens is 472 g/mol. The third-order valence-electron chi connectivity index (χ3n) is 8.25. The van der Waals surface area contributed by atoms with Crippen LogP contribution in [0.15, 0.2) is 24.3 Å². The molecule has 1 atom stereocenters. The molecule has 2 aliphatic heterocycles. The lowest BCUT2D eigenvalue weighted by Gasteiger charge is -2.34. The Bertz CT molecular complexity index is 1000. The van der Waals surface area contributed by atoms with Crippen molar-refractivity contribution in [2.45, 2.75) is 83.2 Å². The van der Waals surface area contributed by atoms with Gasteiger partial charge in [-0.2, -0.15) is 4.98 Å². The number of hydrogen-bond acceptors (Lipinski definition) is 7. The lowest BCUT2D eigenvalue weighted by atomic mass is 9.96. The van der Waals surface area contributed by atoms with Crippen molar-refractivity contribution >= 4 is 11.8 Å². The van der Waals surface area contributed by atoms with Gasteiger partial charge < -0.3 is 19.9 Å². The zero-order valence-corrected chi connectivity index (χ0v) is 23.8. The Morgan fingerprint density at radius 3 is 2.50 bits per heavy atom. The van der Waals surface area contributed by atoms with E-state index in [1.54, 1.807) is 0 Å². The van der Waals surface area contributed by atoms with E-state index in [2.05, 4.69) is 58.4 Å². The fourth-order valence-electron chi connectivity index (χ4n) is 6.20.